The van der Waals surface area contributed by atoms with Crippen molar-refractivity contribution < 1.29 is 13.2 Å². The molecule has 0 saturated carbocycles. The van der Waals surface area contributed by atoms with Crippen LogP contribution in [0.5, 0.6) is 5.75 Å². The van der Waals surface area contributed by atoms with Gasteiger partial charge in [-0.25, -0.2) is 13.4 Å². The molecule has 31 heavy (non-hydrogen) atoms. The van der Waals surface area contributed by atoms with Crippen molar-refractivity contribution in [3.8, 4) is 5.75 Å². The highest BCUT2D eigenvalue weighted by atomic mass is 35.5. The molecule has 0 atom stereocenters. The van der Waals surface area contributed by atoms with E-state index in [-0.39, 0.29) is 11.5 Å². The fourth-order valence-corrected chi connectivity index (χ4v) is 5.39. The van der Waals surface area contributed by atoms with Gasteiger partial charge in [0.25, 0.3) is 0 Å². The second-order valence-corrected chi connectivity index (χ2v) is 10.8. The number of ether oxygens (including phenoxy) is 1. The summed E-state index contributed by atoms with van der Waals surface area (Å²) in [4.78, 5) is 4.68. The van der Waals surface area contributed by atoms with E-state index in [1.807, 2.05) is 58.0 Å². The summed E-state index contributed by atoms with van der Waals surface area (Å²) in [6.07, 6.45) is 0. The van der Waals surface area contributed by atoms with Crippen molar-refractivity contribution >= 4 is 50.1 Å². The molecule has 0 aliphatic heterocycles. The van der Waals surface area contributed by atoms with Crippen LogP contribution in [0.4, 0.5) is 0 Å². The highest BCUT2D eigenvalue weighted by Crippen LogP contribution is 2.32. The zero-order valence-electron chi connectivity index (χ0n) is 18.1. The van der Waals surface area contributed by atoms with Gasteiger partial charge in [-0.1, -0.05) is 42.0 Å². The lowest BCUT2D eigenvalue weighted by atomic mass is 10.1. The van der Waals surface area contributed by atoms with Crippen LogP contribution in [0.3, 0.4) is 0 Å². The molecule has 0 aliphatic carbocycles. The minimum atomic E-state index is -3.79. The highest BCUT2D eigenvalue weighted by molar-refractivity contribution is 7.89. The molecule has 1 aromatic heterocycles. The van der Waals surface area contributed by atoms with Crippen molar-refractivity contribution in [3.63, 3.8) is 0 Å². The van der Waals surface area contributed by atoms with Gasteiger partial charge < -0.3 is 4.74 Å². The number of aromatic nitrogens is 1. The summed E-state index contributed by atoms with van der Waals surface area (Å²) in [6, 6.07) is 12.6. The summed E-state index contributed by atoms with van der Waals surface area (Å²) in [6.45, 7) is 7.46. The second kappa shape index (κ2) is 8.82. The standard InChI is InChI=1S/C23H25ClN2O3S2/c1-15-9-10-16-7-6-8-20(22(16)25-15)29-13-17-18(14-30)21(12-11-19(17)24)31(27,28)26(5)23(2,3)4/h6-12,14H,13H2,1-5H3. The van der Waals surface area contributed by atoms with Crippen molar-refractivity contribution in [2.24, 2.45) is 0 Å². The number of rotatable bonds is 6. The fourth-order valence-electron chi connectivity index (χ4n) is 3.11. The molecule has 0 fully saturated rings. The molecule has 0 aliphatic rings. The van der Waals surface area contributed by atoms with Crippen LogP contribution in [-0.4, -0.2) is 35.7 Å². The third kappa shape index (κ3) is 4.75. The third-order valence-electron chi connectivity index (χ3n) is 5.16. The van der Waals surface area contributed by atoms with Crippen LogP contribution in [-0.2, 0) is 16.6 Å². The molecular formula is C23H25ClN2O3S2. The molecular weight excluding hydrogens is 452 g/mol. The molecule has 8 heteroatoms. The van der Waals surface area contributed by atoms with E-state index in [4.69, 9.17) is 28.6 Å². The number of pyridine rings is 1. The molecule has 164 valence electrons. The summed E-state index contributed by atoms with van der Waals surface area (Å²) >= 11 is 11.6. The summed E-state index contributed by atoms with van der Waals surface area (Å²) in [5.41, 5.74) is 1.89. The average molecular weight is 477 g/mol. The Morgan fingerprint density at radius 2 is 1.87 bits per heavy atom. The summed E-state index contributed by atoms with van der Waals surface area (Å²) in [5, 5.41) is 2.68. The van der Waals surface area contributed by atoms with Crippen LogP contribution >= 0.6 is 23.8 Å². The van der Waals surface area contributed by atoms with E-state index < -0.39 is 15.6 Å². The molecule has 0 radical (unpaired) electrons. The molecule has 5 nitrogen and oxygen atoms in total. The van der Waals surface area contributed by atoms with Crippen LogP contribution in [0.1, 0.15) is 37.6 Å². The molecule has 0 unspecified atom stereocenters. The Morgan fingerprint density at radius 1 is 1.16 bits per heavy atom. The van der Waals surface area contributed by atoms with Gasteiger partial charge in [-0.3, -0.25) is 0 Å². The van der Waals surface area contributed by atoms with Gasteiger partial charge in [0.2, 0.25) is 10.0 Å². The molecule has 0 amide bonds. The SMILES string of the molecule is Cc1ccc2cccc(OCc3c(Cl)ccc(S(=O)(=O)N(C)C(C)(C)C)c3C=S)c2n1. The van der Waals surface area contributed by atoms with Gasteiger partial charge in [-0.2, -0.15) is 4.31 Å². The van der Waals surface area contributed by atoms with Gasteiger partial charge in [-0.15, -0.1) is 0 Å². The van der Waals surface area contributed by atoms with E-state index >= 15 is 0 Å². The van der Waals surface area contributed by atoms with E-state index in [1.54, 1.807) is 13.1 Å². The average Bonchev–Trinajstić information content (AvgIpc) is 2.71. The number of fused-ring (bicyclic) bond motifs is 1. The van der Waals surface area contributed by atoms with Gasteiger partial charge in [0.05, 0.1) is 4.90 Å². The minimum Gasteiger partial charge on any atom is -0.487 e. The predicted octanol–water partition coefficient (Wildman–Crippen LogP) is 5.54. The summed E-state index contributed by atoms with van der Waals surface area (Å²) < 4.78 is 33.9. The molecule has 0 saturated heterocycles. The van der Waals surface area contributed by atoms with E-state index in [2.05, 4.69) is 4.98 Å². The second-order valence-electron chi connectivity index (χ2n) is 8.27. The molecule has 2 aromatic carbocycles. The monoisotopic (exact) mass is 476 g/mol. The molecule has 0 N–H and O–H groups in total. The number of aryl methyl sites for hydroxylation is 1. The highest BCUT2D eigenvalue weighted by Gasteiger charge is 2.32. The maximum absolute atomic E-state index is 13.3. The van der Waals surface area contributed by atoms with E-state index in [9.17, 15) is 8.42 Å². The summed E-state index contributed by atoms with van der Waals surface area (Å²) in [7, 11) is -2.24. The van der Waals surface area contributed by atoms with Crippen molar-refractivity contribution in [1.82, 2.24) is 9.29 Å². The van der Waals surface area contributed by atoms with Gasteiger partial charge in [-0.05, 0) is 52.0 Å². The first-order chi connectivity index (χ1) is 14.5. The smallest absolute Gasteiger partial charge is 0.243 e. The molecule has 0 bridgehead atoms. The Bertz CT molecular complexity index is 1250. The van der Waals surface area contributed by atoms with Crippen molar-refractivity contribution in [3.05, 3.63) is 64.3 Å². The van der Waals surface area contributed by atoms with Gasteiger partial charge in [0.15, 0.2) is 0 Å². The van der Waals surface area contributed by atoms with Crippen LogP contribution in [0, 0.1) is 6.92 Å². The number of halogens is 1. The lowest BCUT2D eigenvalue weighted by Crippen LogP contribution is -2.42. The van der Waals surface area contributed by atoms with Crippen molar-refractivity contribution in [2.75, 3.05) is 7.05 Å². The Kier molecular flexibility index (Phi) is 6.72. The third-order valence-corrected chi connectivity index (χ3v) is 7.93. The van der Waals surface area contributed by atoms with Crippen LogP contribution in [0.15, 0.2) is 47.4 Å². The first kappa shape index (κ1) is 23.6. The zero-order chi connectivity index (χ0) is 23.0. The van der Waals surface area contributed by atoms with Crippen LogP contribution < -0.4 is 4.74 Å². The van der Waals surface area contributed by atoms with Crippen LogP contribution in [0.25, 0.3) is 10.9 Å². The fraction of sp³-hybridized carbons (Fsp3) is 0.304. The van der Waals surface area contributed by atoms with E-state index in [1.165, 1.54) is 15.7 Å². The Labute approximate surface area is 194 Å². The van der Waals surface area contributed by atoms with Gasteiger partial charge in [0.1, 0.15) is 17.9 Å². The number of nitrogens with zero attached hydrogens (tertiary/aromatic N) is 2. The molecule has 0 spiro atoms. The number of hydrogen-bond donors (Lipinski definition) is 0. The quantitative estimate of drug-likeness (QED) is 0.437. The molecule has 3 rings (SSSR count). The Hall–Kier alpha value is -2.06. The number of hydrogen-bond acceptors (Lipinski definition) is 5. The zero-order valence-corrected chi connectivity index (χ0v) is 20.5. The van der Waals surface area contributed by atoms with Crippen molar-refractivity contribution in [2.45, 2.75) is 44.7 Å². The Morgan fingerprint density at radius 3 is 2.52 bits per heavy atom. The van der Waals surface area contributed by atoms with Crippen LogP contribution in [0.2, 0.25) is 5.02 Å². The van der Waals surface area contributed by atoms with E-state index in [0.29, 0.717) is 21.9 Å². The molecule has 1 heterocycles. The number of thiocarbonyl (C=S) groups is 1. The topological polar surface area (TPSA) is 59.5 Å². The lowest BCUT2D eigenvalue weighted by molar-refractivity contribution is 0.291. The first-order valence-electron chi connectivity index (χ1n) is 9.71. The maximum Gasteiger partial charge on any atom is 0.243 e. The molecule has 3 aromatic rings. The number of para-hydroxylation sites is 1. The van der Waals surface area contributed by atoms with Crippen molar-refractivity contribution in [1.29, 1.82) is 0 Å². The lowest BCUT2D eigenvalue weighted by Gasteiger charge is -2.31. The Balaban J connectivity index is 2.05. The van der Waals surface area contributed by atoms with Gasteiger partial charge in [0, 0.05) is 45.2 Å². The number of sulfonamides is 1. The first-order valence-corrected chi connectivity index (χ1v) is 12.0. The maximum atomic E-state index is 13.3. The van der Waals surface area contributed by atoms with Gasteiger partial charge >= 0.3 is 0 Å². The summed E-state index contributed by atoms with van der Waals surface area (Å²) in [5.74, 6) is 0.590. The minimum absolute atomic E-state index is 0.0542. The number of benzene rings is 2. The largest absolute Gasteiger partial charge is 0.487 e. The normalized spacial score (nSPS) is 12.4. The van der Waals surface area contributed by atoms with E-state index in [0.717, 1.165) is 16.6 Å². The predicted molar refractivity (Wildman–Crippen MR) is 130 cm³/mol.